The van der Waals surface area contributed by atoms with Crippen LogP contribution in [0, 0.1) is 13.8 Å². The molecule has 1 N–H and O–H groups in total. The van der Waals surface area contributed by atoms with Gasteiger partial charge in [0.15, 0.2) is 11.7 Å². The third-order valence-electron chi connectivity index (χ3n) is 5.03. The normalized spacial score (nSPS) is 12.0. The van der Waals surface area contributed by atoms with Crippen LogP contribution in [0.1, 0.15) is 54.8 Å². The number of oxazole rings is 1. The van der Waals surface area contributed by atoms with Crippen molar-refractivity contribution in [2.75, 3.05) is 0 Å². The van der Waals surface area contributed by atoms with E-state index in [4.69, 9.17) is 4.42 Å². The summed E-state index contributed by atoms with van der Waals surface area (Å²) in [5.41, 5.74) is 4.63. The molecule has 4 heteroatoms. The van der Waals surface area contributed by atoms with Gasteiger partial charge in [0.25, 0.3) is 0 Å². The minimum atomic E-state index is 0.0215. The van der Waals surface area contributed by atoms with Crippen molar-refractivity contribution in [3.05, 3.63) is 77.3 Å². The molecule has 0 spiro atoms. The number of nitrogens with one attached hydrogen (secondary N) is 1. The Morgan fingerprint density at radius 1 is 1.11 bits per heavy atom. The van der Waals surface area contributed by atoms with Crippen LogP contribution in [0.5, 0.6) is 0 Å². The molecule has 4 nitrogen and oxygen atoms in total. The summed E-state index contributed by atoms with van der Waals surface area (Å²) in [6, 6.07) is 16.4. The first kappa shape index (κ1) is 19.9. The van der Waals surface area contributed by atoms with Crippen LogP contribution in [-0.4, -0.2) is 10.9 Å². The van der Waals surface area contributed by atoms with Crippen LogP contribution in [0.2, 0.25) is 0 Å². The molecular weight excluding hydrogens is 348 g/mol. The van der Waals surface area contributed by atoms with Crippen LogP contribution in [0.3, 0.4) is 0 Å². The molecule has 0 bridgehead atoms. The molecule has 0 radical (unpaired) electrons. The number of benzene rings is 2. The minimum Gasteiger partial charge on any atom is -0.441 e. The van der Waals surface area contributed by atoms with Crippen molar-refractivity contribution in [1.29, 1.82) is 0 Å². The Balaban J connectivity index is 1.58. The second-order valence-electron chi connectivity index (χ2n) is 7.24. The molecule has 28 heavy (non-hydrogen) atoms. The Labute approximate surface area is 167 Å². The van der Waals surface area contributed by atoms with Crippen LogP contribution in [0.25, 0.3) is 11.3 Å². The zero-order valence-electron chi connectivity index (χ0n) is 16.9. The SMILES string of the molecule is CCCC(NC(=O)CCc1ncc(-c2ccc(C)c(C)c2)o1)c1ccccc1. The first-order chi connectivity index (χ1) is 13.6. The molecule has 0 saturated carbocycles. The highest BCUT2D eigenvalue weighted by Gasteiger charge is 2.15. The molecule has 0 aliphatic rings. The van der Waals surface area contributed by atoms with E-state index < -0.39 is 0 Å². The van der Waals surface area contributed by atoms with Crippen molar-refractivity contribution in [3.8, 4) is 11.3 Å². The van der Waals surface area contributed by atoms with Gasteiger partial charge in [0.2, 0.25) is 5.91 Å². The Morgan fingerprint density at radius 2 is 1.89 bits per heavy atom. The van der Waals surface area contributed by atoms with Crippen molar-refractivity contribution in [1.82, 2.24) is 10.3 Å². The fraction of sp³-hybridized carbons (Fsp3) is 0.333. The van der Waals surface area contributed by atoms with Gasteiger partial charge in [0, 0.05) is 18.4 Å². The predicted octanol–water partition coefficient (Wildman–Crippen LogP) is 5.55. The lowest BCUT2D eigenvalue weighted by Gasteiger charge is -2.18. The van der Waals surface area contributed by atoms with Gasteiger partial charge < -0.3 is 9.73 Å². The highest BCUT2D eigenvalue weighted by atomic mass is 16.4. The van der Waals surface area contributed by atoms with Crippen LogP contribution >= 0.6 is 0 Å². The number of carbonyl (C=O) groups excluding carboxylic acids is 1. The third-order valence-corrected chi connectivity index (χ3v) is 5.03. The maximum absolute atomic E-state index is 12.5. The number of carbonyl (C=O) groups is 1. The molecule has 1 atom stereocenters. The molecular formula is C24H28N2O2. The zero-order valence-corrected chi connectivity index (χ0v) is 16.9. The number of rotatable bonds is 8. The standard InChI is InChI=1S/C24H28N2O2/c1-4-8-21(19-9-6-5-7-10-19)26-23(27)13-14-24-25-16-22(28-24)20-12-11-17(2)18(3)15-20/h5-7,9-12,15-16,21H,4,8,13-14H2,1-3H3,(H,26,27). The van der Waals surface area contributed by atoms with E-state index in [0.29, 0.717) is 18.7 Å². The lowest BCUT2D eigenvalue weighted by Crippen LogP contribution is -2.28. The first-order valence-corrected chi connectivity index (χ1v) is 9.93. The number of nitrogens with zero attached hydrogens (tertiary/aromatic N) is 1. The zero-order chi connectivity index (χ0) is 19.9. The maximum atomic E-state index is 12.5. The Morgan fingerprint density at radius 3 is 2.61 bits per heavy atom. The summed E-state index contributed by atoms with van der Waals surface area (Å²) in [6.45, 7) is 6.30. The van der Waals surface area contributed by atoms with Gasteiger partial charge in [0.05, 0.1) is 12.2 Å². The van der Waals surface area contributed by atoms with E-state index in [1.807, 2.05) is 24.3 Å². The molecule has 0 saturated heterocycles. The predicted molar refractivity (Wildman–Crippen MR) is 112 cm³/mol. The van der Waals surface area contributed by atoms with E-state index in [0.717, 1.165) is 29.7 Å². The van der Waals surface area contributed by atoms with Gasteiger partial charge in [-0.1, -0.05) is 55.8 Å². The number of aryl methyl sites for hydroxylation is 3. The largest absolute Gasteiger partial charge is 0.441 e. The second-order valence-corrected chi connectivity index (χ2v) is 7.24. The van der Waals surface area contributed by atoms with Gasteiger partial charge in [-0.05, 0) is 43.0 Å². The summed E-state index contributed by atoms with van der Waals surface area (Å²) < 4.78 is 5.86. The highest BCUT2D eigenvalue weighted by Crippen LogP contribution is 2.23. The number of aromatic nitrogens is 1. The molecule has 1 aromatic heterocycles. The monoisotopic (exact) mass is 376 g/mol. The Hall–Kier alpha value is -2.88. The van der Waals surface area contributed by atoms with Crippen LogP contribution in [-0.2, 0) is 11.2 Å². The summed E-state index contributed by atoms with van der Waals surface area (Å²) in [5, 5.41) is 3.15. The highest BCUT2D eigenvalue weighted by molar-refractivity contribution is 5.76. The maximum Gasteiger partial charge on any atom is 0.220 e. The van der Waals surface area contributed by atoms with Gasteiger partial charge in [-0.2, -0.15) is 0 Å². The molecule has 0 aliphatic heterocycles. The van der Waals surface area contributed by atoms with Gasteiger partial charge in [0.1, 0.15) is 0 Å². The minimum absolute atomic E-state index is 0.0215. The lowest BCUT2D eigenvalue weighted by atomic mass is 10.0. The fourth-order valence-electron chi connectivity index (χ4n) is 3.24. The van der Waals surface area contributed by atoms with E-state index in [1.165, 1.54) is 11.1 Å². The van der Waals surface area contributed by atoms with Crippen molar-refractivity contribution in [3.63, 3.8) is 0 Å². The number of hydrogen-bond acceptors (Lipinski definition) is 3. The smallest absolute Gasteiger partial charge is 0.220 e. The van der Waals surface area contributed by atoms with Gasteiger partial charge in [-0.25, -0.2) is 4.98 Å². The summed E-state index contributed by atoms with van der Waals surface area (Å²) >= 11 is 0. The van der Waals surface area contributed by atoms with Crippen molar-refractivity contribution >= 4 is 5.91 Å². The molecule has 2 aromatic carbocycles. The molecule has 0 fully saturated rings. The number of amides is 1. The first-order valence-electron chi connectivity index (χ1n) is 9.93. The molecule has 1 amide bonds. The molecule has 1 heterocycles. The summed E-state index contributed by atoms with van der Waals surface area (Å²) in [6.07, 6.45) is 4.52. The van der Waals surface area contributed by atoms with Crippen LogP contribution in [0.4, 0.5) is 0 Å². The van der Waals surface area contributed by atoms with Gasteiger partial charge >= 0.3 is 0 Å². The summed E-state index contributed by atoms with van der Waals surface area (Å²) in [7, 11) is 0. The Bertz CT molecular complexity index is 915. The van der Waals surface area contributed by atoms with Crippen molar-refractivity contribution in [2.45, 2.75) is 52.5 Å². The van der Waals surface area contributed by atoms with Crippen LogP contribution in [0.15, 0.2) is 59.1 Å². The van der Waals surface area contributed by atoms with Gasteiger partial charge in [-0.3, -0.25) is 4.79 Å². The van der Waals surface area contributed by atoms with E-state index in [2.05, 4.69) is 55.3 Å². The average molecular weight is 377 g/mol. The van der Waals surface area contributed by atoms with E-state index in [1.54, 1.807) is 6.20 Å². The Kier molecular flexibility index (Phi) is 6.64. The second kappa shape index (κ2) is 9.36. The molecule has 146 valence electrons. The molecule has 1 unspecified atom stereocenters. The lowest BCUT2D eigenvalue weighted by molar-refractivity contribution is -0.121. The van der Waals surface area contributed by atoms with E-state index >= 15 is 0 Å². The van der Waals surface area contributed by atoms with Crippen LogP contribution < -0.4 is 5.32 Å². The molecule has 3 aromatic rings. The quantitative estimate of drug-likeness (QED) is 0.561. The summed E-state index contributed by atoms with van der Waals surface area (Å²) in [5.74, 6) is 1.36. The fourth-order valence-corrected chi connectivity index (χ4v) is 3.24. The topological polar surface area (TPSA) is 55.1 Å². The molecule has 3 rings (SSSR count). The van der Waals surface area contributed by atoms with Crippen molar-refractivity contribution in [2.24, 2.45) is 0 Å². The van der Waals surface area contributed by atoms with Gasteiger partial charge in [-0.15, -0.1) is 0 Å². The summed E-state index contributed by atoms with van der Waals surface area (Å²) in [4.78, 5) is 16.8. The average Bonchev–Trinajstić information content (AvgIpc) is 3.18. The number of hydrogen-bond donors (Lipinski definition) is 1. The molecule has 0 aliphatic carbocycles. The van der Waals surface area contributed by atoms with E-state index in [-0.39, 0.29) is 11.9 Å². The van der Waals surface area contributed by atoms with E-state index in [9.17, 15) is 4.79 Å². The van der Waals surface area contributed by atoms with Crippen molar-refractivity contribution < 1.29 is 9.21 Å². The third kappa shape index (κ3) is 5.10.